The van der Waals surface area contributed by atoms with E-state index in [1.807, 2.05) is 18.2 Å². The Morgan fingerprint density at radius 1 is 1.53 bits per heavy atom. The number of rotatable bonds is 2. The van der Waals surface area contributed by atoms with Crippen molar-refractivity contribution in [3.63, 3.8) is 0 Å². The number of anilines is 1. The number of aromatic nitrogens is 1. The molecule has 100 valence electrons. The van der Waals surface area contributed by atoms with Gasteiger partial charge in [0.05, 0.1) is 5.56 Å². The van der Waals surface area contributed by atoms with Gasteiger partial charge >= 0.3 is 0 Å². The Hall–Kier alpha value is -2.01. The van der Waals surface area contributed by atoms with Gasteiger partial charge < -0.3 is 20.9 Å². The number of amides is 1. The second-order valence-electron chi connectivity index (χ2n) is 5.23. The van der Waals surface area contributed by atoms with E-state index in [4.69, 9.17) is 5.73 Å². The number of likely N-dealkylation sites (tertiary alicyclic amines) is 1. The van der Waals surface area contributed by atoms with E-state index < -0.39 is 0 Å². The molecule has 1 atom stereocenters. The summed E-state index contributed by atoms with van der Waals surface area (Å²) in [4.78, 5) is 17.6. The molecule has 5 heteroatoms. The van der Waals surface area contributed by atoms with Crippen LogP contribution in [0.3, 0.4) is 0 Å². The maximum atomic E-state index is 12.3. The zero-order chi connectivity index (χ0) is 13.4. The summed E-state index contributed by atoms with van der Waals surface area (Å²) in [6.45, 7) is 1.95. The van der Waals surface area contributed by atoms with E-state index in [1.54, 1.807) is 6.20 Å². The predicted octanol–water partition coefficient (Wildman–Crippen LogP) is 1.18. The smallest absolute Gasteiger partial charge is 0.253 e. The molecule has 1 amide bonds. The summed E-state index contributed by atoms with van der Waals surface area (Å²) < 4.78 is 0. The number of carbonyl (C=O) groups is 1. The molecule has 0 spiro atoms. The number of likely N-dealkylation sites (N-methyl/N-ethyl adjacent to an activating group) is 1. The van der Waals surface area contributed by atoms with E-state index in [2.05, 4.69) is 22.2 Å². The standard InChI is InChI=1S/C14H18N4O/c1-18-5-4-10(8-18)17-14(19)12-7-16-13-3-2-9(15)6-11(12)13/h2-3,6-7,10,16H,4-5,8,15H2,1H3,(H,17,19). The minimum Gasteiger partial charge on any atom is -0.399 e. The van der Waals surface area contributed by atoms with Crippen LogP contribution in [-0.2, 0) is 0 Å². The first-order valence-electron chi connectivity index (χ1n) is 6.49. The predicted molar refractivity (Wildman–Crippen MR) is 76.1 cm³/mol. The number of nitrogens with two attached hydrogens (primary N) is 1. The molecule has 0 aliphatic carbocycles. The first-order valence-corrected chi connectivity index (χ1v) is 6.49. The van der Waals surface area contributed by atoms with Crippen LogP contribution in [0.2, 0.25) is 0 Å². The number of fused-ring (bicyclic) bond motifs is 1. The monoisotopic (exact) mass is 258 g/mol. The van der Waals surface area contributed by atoms with E-state index >= 15 is 0 Å². The number of nitrogens with zero attached hydrogens (tertiary/aromatic N) is 1. The zero-order valence-corrected chi connectivity index (χ0v) is 10.9. The number of H-pyrrole nitrogens is 1. The number of benzene rings is 1. The second kappa shape index (κ2) is 4.59. The molecule has 1 saturated heterocycles. The fourth-order valence-electron chi connectivity index (χ4n) is 2.64. The first-order chi connectivity index (χ1) is 9.13. The molecule has 1 aromatic carbocycles. The molecular weight excluding hydrogens is 240 g/mol. The largest absolute Gasteiger partial charge is 0.399 e. The molecule has 1 fully saturated rings. The topological polar surface area (TPSA) is 74.2 Å². The summed E-state index contributed by atoms with van der Waals surface area (Å²) in [5, 5.41) is 3.96. The minimum atomic E-state index is -0.0304. The molecule has 1 unspecified atom stereocenters. The van der Waals surface area contributed by atoms with Crippen molar-refractivity contribution in [1.29, 1.82) is 0 Å². The van der Waals surface area contributed by atoms with Crippen molar-refractivity contribution < 1.29 is 4.79 Å². The van der Waals surface area contributed by atoms with Gasteiger partial charge in [-0.2, -0.15) is 0 Å². The summed E-state index contributed by atoms with van der Waals surface area (Å²) in [5.41, 5.74) is 8.05. The molecule has 19 heavy (non-hydrogen) atoms. The molecule has 0 bridgehead atoms. The highest BCUT2D eigenvalue weighted by molar-refractivity contribution is 6.07. The van der Waals surface area contributed by atoms with Gasteiger partial charge in [-0.05, 0) is 38.2 Å². The van der Waals surface area contributed by atoms with Crippen molar-refractivity contribution in [2.24, 2.45) is 0 Å². The summed E-state index contributed by atoms with van der Waals surface area (Å²) in [6, 6.07) is 5.79. The van der Waals surface area contributed by atoms with Gasteiger partial charge in [-0.15, -0.1) is 0 Å². The Bertz CT molecular complexity index is 619. The van der Waals surface area contributed by atoms with Gasteiger partial charge in [0, 0.05) is 35.4 Å². The van der Waals surface area contributed by atoms with Crippen LogP contribution in [0.1, 0.15) is 16.8 Å². The molecule has 3 rings (SSSR count). The molecule has 5 nitrogen and oxygen atoms in total. The van der Waals surface area contributed by atoms with Gasteiger partial charge in [0.25, 0.3) is 5.91 Å². The summed E-state index contributed by atoms with van der Waals surface area (Å²) in [5.74, 6) is -0.0304. The molecule has 0 radical (unpaired) electrons. The third kappa shape index (κ3) is 2.29. The van der Waals surface area contributed by atoms with Crippen molar-refractivity contribution in [3.05, 3.63) is 30.0 Å². The lowest BCUT2D eigenvalue weighted by atomic mass is 10.1. The minimum absolute atomic E-state index is 0.0304. The molecule has 1 aliphatic heterocycles. The Labute approximate surface area is 111 Å². The van der Waals surface area contributed by atoms with Crippen LogP contribution >= 0.6 is 0 Å². The van der Waals surface area contributed by atoms with Crippen LogP contribution in [0.15, 0.2) is 24.4 Å². The highest BCUT2D eigenvalue weighted by Crippen LogP contribution is 2.21. The van der Waals surface area contributed by atoms with Crippen LogP contribution in [0.4, 0.5) is 5.69 Å². The third-order valence-electron chi connectivity index (χ3n) is 3.68. The Morgan fingerprint density at radius 2 is 2.37 bits per heavy atom. The summed E-state index contributed by atoms with van der Waals surface area (Å²) in [6.07, 6.45) is 2.75. The number of carbonyl (C=O) groups excluding carboxylic acids is 1. The molecule has 0 saturated carbocycles. The molecule has 2 aromatic rings. The normalized spacial score (nSPS) is 19.9. The number of hydrogen-bond donors (Lipinski definition) is 3. The van der Waals surface area contributed by atoms with Crippen molar-refractivity contribution in [1.82, 2.24) is 15.2 Å². The second-order valence-corrected chi connectivity index (χ2v) is 5.23. The average Bonchev–Trinajstić information content (AvgIpc) is 2.95. The van der Waals surface area contributed by atoms with Gasteiger partial charge in [0.1, 0.15) is 0 Å². The third-order valence-corrected chi connectivity index (χ3v) is 3.68. The Kier molecular flexibility index (Phi) is 2.91. The van der Waals surface area contributed by atoms with E-state index in [-0.39, 0.29) is 11.9 Å². The molecule has 1 aromatic heterocycles. The average molecular weight is 258 g/mol. The maximum absolute atomic E-state index is 12.3. The van der Waals surface area contributed by atoms with Crippen LogP contribution < -0.4 is 11.1 Å². The summed E-state index contributed by atoms with van der Waals surface area (Å²) in [7, 11) is 2.07. The molecule has 1 aliphatic rings. The van der Waals surface area contributed by atoms with Gasteiger partial charge in [0.2, 0.25) is 0 Å². The summed E-state index contributed by atoms with van der Waals surface area (Å²) >= 11 is 0. The van der Waals surface area contributed by atoms with E-state index in [9.17, 15) is 4.79 Å². The number of nitrogens with one attached hydrogen (secondary N) is 2. The van der Waals surface area contributed by atoms with E-state index in [0.29, 0.717) is 11.3 Å². The number of nitrogen functional groups attached to an aromatic ring is 1. The lowest BCUT2D eigenvalue weighted by Gasteiger charge is -2.12. The lowest BCUT2D eigenvalue weighted by Crippen LogP contribution is -2.36. The first kappa shape index (κ1) is 12.0. The quantitative estimate of drug-likeness (QED) is 0.708. The van der Waals surface area contributed by atoms with Gasteiger partial charge in [0.15, 0.2) is 0 Å². The van der Waals surface area contributed by atoms with Crippen molar-refractivity contribution in [3.8, 4) is 0 Å². The fraction of sp³-hybridized carbons (Fsp3) is 0.357. The van der Waals surface area contributed by atoms with E-state index in [0.717, 1.165) is 30.4 Å². The highest BCUT2D eigenvalue weighted by atomic mass is 16.1. The van der Waals surface area contributed by atoms with Crippen LogP contribution in [-0.4, -0.2) is 42.0 Å². The Morgan fingerprint density at radius 3 is 3.11 bits per heavy atom. The zero-order valence-electron chi connectivity index (χ0n) is 10.9. The maximum Gasteiger partial charge on any atom is 0.253 e. The lowest BCUT2D eigenvalue weighted by molar-refractivity contribution is 0.0940. The fourth-order valence-corrected chi connectivity index (χ4v) is 2.64. The van der Waals surface area contributed by atoms with E-state index in [1.165, 1.54) is 0 Å². The number of aromatic amines is 1. The number of hydrogen-bond acceptors (Lipinski definition) is 3. The molecular formula is C14H18N4O. The highest BCUT2D eigenvalue weighted by Gasteiger charge is 2.22. The van der Waals surface area contributed by atoms with Gasteiger partial charge in [-0.25, -0.2) is 0 Å². The van der Waals surface area contributed by atoms with Crippen molar-refractivity contribution in [2.45, 2.75) is 12.5 Å². The van der Waals surface area contributed by atoms with Crippen LogP contribution in [0.25, 0.3) is 10.9 Å². The van der Waals surface area contributed by atoms with Crippen molar-refractivity contribution in [2.75, 3.05) is 25.9 Å². The van der Waals surface area contributed by atoms with Gasteiger partial charge in [-0.3, -0.25) is 4.79 Å². The van der Waals surface area contributed by atoms with Crippen molar-refractivity contribution >= 4 is 22.5 Å². The van der Waals surface area contributed by atoms with Crippen LogP contribution in [0, 0.1) is 0 Å². The van der Waals surface area contributed by atoms with Gasteiger partial charge in [-0.1, -0.05) is 0 Å². The molecule has 4 N–H and O–H groups in total. The SMILES string of the molecule is CN1CCC(NC(=O)c2c[nH]c3ccc(N)cc23)C1. The molecule has 2 heterocycles. The van der Waals surface area contributed by atoms with Crippen LogP contribution in [0.5, 0.6) is 0 Å². The Balaban J connectivity index is 1.83.